The zero-order valence-corrected chi connectivity index (χ0v) is 14.0. The van der Waals surface area contributed by atoms with Gasteiger partial charge in [-0.3, -0.25) is 10.2 Å². The van der Waals surface area contributed by atoms with Gasteiger partial charge in [-0.05, 0) is 31.4 Å². The van der Waals surface area contributed by atoms with Crippen molar-refractivity contribution in [2.24, 2.45) is 11.5 Å². The zero-order valence-electron chi connectivity index (χ0n) is 14.0. The molecule has 24 heavy (non-hydrogen) atoms. The third-order valence-electron chi connectivity index (χ3n) is 3.56. The number of carbonyl (C=O) groups excluding carboxylic acids is 2. The summed E-state index contributed by atoms with van der Waals surface area (Å²) in [5.41, 5.74) is 12.1. The molecule has 132 valence electrons. The lowest BCUT2D eigenvalue weighted by Crippen LogP contribution is -2.49. The van der Waals surface area contributed by atoms with E-state index in [0.717, 1.165) is 5.56 Å². The number of benzene rings is 1. The van der Waals surface area contributed by atoms with Gasteiger partial charge in [0.2, 0.25) is 5.91 Å². The number of rotatable bonds is 9. The highest BCUT2D eigenvalue weighted by Gasteiger charge is 2.30. The fourth-order valence-electron chi connectivity index (χ4n) is 2.40. The van der Waals surface area contributed by atoms with Crippen LogP contribution in [0, 0.1) is 5.41 Å². The Morgan fingerprint density at radius 3 is 2.46 bits per heavy atom. The maximum absolute atomic E-state index is 12.3. The predicted molar refractivity (Wildman–Crippen MR) is 92.5 cm³/mol. The van der Waals surface area contributed by atoms with Gasteiger partial charge in [0.25, 0.3) is 0 Å². The van der Waals surface area contributed by atoms with Crippen molar-refractivity contribution < 1.29 is 14.3 Å². The lowest BCUT2D eigenvalue weighted by atomic mass is 10.1. The number of hydrogen-bond donors (Lipinski definition) is 3. The van der Waals surface area contributed by atoms with Crippen LogP contribution in [0.4, 0.5) is 0 Å². The highest BCUT2D eigenvalue weighted by molar-refractivity contribution is 5.91. The SMILES string of the molecule is CC(=N)OC(=O)[C@H](CCCN)N(CCc1ccccc1)C(=O)CN. The molecular formula is C17H26N4O3. The summed E-state index contributed by atoms with van der Waals surface area (Å²) in [7, 11) is 0. The molecule has 0 radical (unpaired) electrons. The maximum Gasteiger partial charge on any atom is 0.335 e. The van der Waals surface area contributed by atoms with Crippen LogP contribution < -0.4 is 11.5 Å². The van der Waals surface area contributed by atoms with Crippen LogP contribution in [0.15, 0.2) is 30.3 Å². The molecule has 7 heteroatoms. The number of nitrogens with two attached hydrogens (primary N) is 2. The first-order valence-electron chi connectivity index (χ1n) is 8.00. The molecule has 0 spiro atoms. The van der Waals surface area contributed by atoms with E-state index in [4.69, 9.17) is 21.6 Å². The molecule has 0 heterocycles. The van der Waals surface area contributed by atoms with Gasteiger partial charge in [0, 0.05) is 13.5 Å². The summed E-state index contributed by atoms with van der Waals surface area (Å²) in [5.74, 6) is -1.15. The van der Waals surface area contributed by atoms with E-state index in [-0.39, 0.29) is 18.3 Å². The van der Waals surface area contributed by atoms with Gasteiger partial charge in [-0.1, -0.05) is 30.3 Å². The van der Waals surface area contributed by atoms with Gasteiger partial charge in [0.15, 0.2) is 5.90 Å². The van der Waals surface area contributed by atoms with Crippen LogP contribution in [0.1, 0.15) is 25.3 Å². The summed E-state index contributed by atoms with van der Waals surface area (Å²) in [6.45, 7) is 1.93. The van der Waals surface area contributed by atoms with Crippen LogP contribution in [0.5, 0.6) is 0 Å². The minimum atomic E-state index is -0.784. The highest BCUT2D eigenvalue weighted by Crippen LogP contribution is 2.12. The standard InChI is InChI=1S/C17H26N4O3/c1-13(20)24-17(23)15(8-5-10-18)21(16(22)12-19)11-9-14-6-3-2-4-7-14/h2-4,6-7,15,20H,5,8-12,18-19H2,1H3/t15-/m0/s1. The largest absolute Gasteiger partial charge is 0.411 e. The topological polar surface area (TPSA) is 122 Å². The van der Waals surface area contributed by atoms with Crippen LogP contribution in [-0.4, -0.2) is 48.4 Å². The average Bonchev–Trinajstić information content (AvgIpc) is 2.57. The van der Waals surface area contributed by atoms with Crippen molar-refractivity contribution in [3.8, 4) is 0 Å². The Hall–Kier alpha value is -2.25. The van der Waals surface area contributed by atoms with E-state index < -0.39 is 12.0 Å². The minimum absolute atomic E-state index is 0.190. The van der Waals surface area contributed by atoms with Crippen molar-refractivity contribution in [1.82, 2.24) is 4.90 Å². The molecule has 0 fully saturated rings. The summed E-state index contributed by atoms with van der Waals surface area (Å²) in [5, 5.41) is 7.33. The van der Waals surface area contributed by atoms with Gasteiger partial charge in [0.05, 0.1) is 6.54 Å². The number of ether oxygens (including phenoxy) is 1. The van der Waals surface area contributed by atoms with E-state index in [1.165, 1.54) is 11.8 Å². The molecule has 1 aromatic rings. The lowest BCUT2D eigenvalue weighted by Gasteiger charge is -2.30. The lowest BCUT2D eigenvalue weighted by molar-refractivity contribution is -0.149. The summed E-state index contributed by atoms with van der Waals surface area (Å²) in [6.07, 6.45) is 1.54. The Morgan fingerprint density at radius 1 is 1.25 bits per heavy atom. The molecule has 1 amide bonds. The first-order chi connectivity index (χ1) is 11.5. The fraction of sp³-hybridized carbons (Fsp3) is 0.471. The maximum atomic E-state index is 12.3. The second-order valence-corrected chi connectivity index (χ2v) is 5.45. The summed E-state index contributed by atoms with van der Waals surface area (Å²) in [4.78, 5) is 26.0. The Bertz CT molecular complexity index is 548. The van der Waals surface area contributed by atoms with Crippen molar-refractivity contribution in [1.29, 1.82) is 5.41 Å². The summed E-state index contributed by atoms with van der Waals surface area (Å²) >= 11 is 0. The van der Waals surface area contributed by atoms with E-state index in [0.29, 0.717) is 32.4 Å². The molecule has 0 saturated heterocycles. The Kier molecular flexibility index (Phi) is 8.67. The van der Waals surface area contributed by atoms with Crippen LogP contribution in [-0.2, 0) is 20.7 Å². The minimum Gasteiger partial charge on any atom is -0.411 e. The Labute approximate surface area is 142 Å². The van der Waals surface area contributed by atoms with E-state index >= 15 is 0 Å². The first kappa shape index (κ1) is 19.8. The molecule has 7 nitrogen and oxygen atoms in total. The number of esters is 1. The average molecular weight is 334 g/mol. The molecular weight excluding hydrogens is 308 g/mol. The first-order valence-corrected chi connectivity index (χ1v) is 8.00. The summed E-state index contributed by atoms with van der Waals surface area (Å²) in [6, 6.07) is 8.89. The normalized spacial score (nSPS) is 11.6. The molecule has 1 rings (SSSR count). The van der Waals surface area contributed by atoms with E-state index in [9.17, 15) is 9.59 Å². The highest BCUT2D eigenvalue weighted by atomic mass is 16.5. The van der Waals surface area contributed by atoms with Gasteiger partial charge in [-0.15, -0.1) is 0 Å². The third kappa shape index (κ3) is 6.47. The fourth-order valence-corrected chi connectivity index (χ4v) is 2.40. The van der Waals surface area contributed by atoms with E-state index in [1.54, 1.807) is 0 Å². The van der Waals surface area contributed by atoms with Gasteiger partial charge >= 0.3 is 5.97 Å². The molecule has 0 saturated carbocycles. The zero-order chi connectivity index (χ0) is 17.9. The third-order valence-corrected chi connectivity index (χ3v) is 3.56. The number of hydrogen-bond acceptors (Lipinski definition) is 6. The summed E-state index contributed by atoms with van der Waals surface area (Å²) < 4.78 is 4.91. The molecule has 0 aliphatic heterocycles. The van der Waals surface area contributed by atoms with Crippen LogP contribution in [0.2, 0.25) is 0 Å². The molecule has 1 aromatic carbocycles. The van der Waals surface area contributed by atoms with Gasteiger partial charge < -0.3 is 21.1 Å². The van der Waals surface area contributed by atoms with Gasteiger partial charge in [-0.25, -0.2) is 4.79 Å². The number of carbonyl (C=O) groups is 2. The predicted octanol–water partition coefficient (Wildman–Crippen LogP) is 0.664. The molecule has 1 atom stereocenters. The molecule has 0 aliphatic rings. The van der Waals surface area contributed by atoms with Crippen LogP contribution in [0.25, 0.3) is 0 Å². The molecule has 0 aromatic heterocycles. The van der Waals surface area contributed by atoms with Crippen molar-refractivity contribution >= 4 is 17.8 Å². The van der Waals surface area contributed by atoms with Crippen molar-refractivity contribution in [2.45, 2.75) is 32.2 Å². The van der Waals surface area contributed by atoms with Gasteiger partial charge in [0.1, 0.15) is 6.04 Å². The Morgan fingerprint density at radius 2 is 1.92 bits per heavy atom. The molecule has 5 N–H and O–H groups in total. The number of nitrogens with zero attached hydrogens (tertiary/aromatic N) is 1. The van der Waals surface area contributed by atoms with E-state index in [2.05, 4.69) is 0 Å². The van der Waals surface area contributed by atoms with Crippen molar-refractivity contribution in [3.63, 3.8) is 0 Å². The quantitative estimate of drug-likeness (QED) is 0.348. The van der Waals surface area contributed by atoms with E-state index in [1.807, 2.05) is 30.3 Å². The molecule has 0 aliphatic carbocycles. The Balaban J connectivity index is 2.91. The molecule has 0 bridgehead atoms. The van der Waals surface area contributed by atoms with Crippen LogP contribution >= 0.6 is 0 Å². The number of nitrogens with one attached hydrogen (secondary N) is 1. The van der Waals surface area contributed by atoms with Gasteiger partial charge in [-0.2, -0.15) is 0 Å². The second-order valence-electron chi connectivity index (χ2n) is 5.45. The molecule has 0 unspecified atom stereocenters. The smallest absolute Gasteiger partial charge is 0.335 e. The van der Waals surface area contributed by atoms with Crippen LogP contribution in [0.3, 0.4) is 0 Å². The van der Waals surface area contributed by atoms with Crippen molar-refractivity contribution in [3.05, 3.63) is 35.9 Å². The van der Waals surface area contributed by atoms with Crippen molar-refractivity contribution in [2.75, 3.05) is 19.6 Å². The monoisotopic (exact) mass is 334 g/mol. The number of amides is 1. The second kappa shape index (κ2) is 10.5.